The quantitative estimate of drug-likeness (QED) is 0.722. The second-order valence-electron chi connectivity index (χ2n) is 6.15. The molecule has 2 heterocycles. The van der Waals surface area contributed by atoms with E-state index in [2.05, 4.69) is 20.9 Å². The number of likely N-dealkylation sites (tertiary alicyclic amines) is 1. The number of benzene rings is 1. The van der Waals surface area contributed by atoms with Crippen LogP contribution in [0.2, 0.25) is 0 Å². The Morgan fingerprint density at radius 2 is 2.04 bits per heavy atom. The summed E-state index contributed by atoms with van der Waals surface area (Å²) in [5.74, 6) is 1.19. The fraction of sp³-hybridized carbons (Fsp3) is 0.316. The summed E-state index contributed by atoms with van der Waals surface area (Å²) in [5, 5.41) is 0. The van der Waals surface area contributed by atoms with Gasteiger partial charge in [0, 0.05) is 55.4 Å². The zero-order valence-electron chi connectivity index (χ0n) is 14.5. The molecule has 136 valence electrons. The fourth-order valence-electron chi connectivity index (χ4n) is 2.74. The van der Waals surface area contributed by atoms with Crippen LogP contribution >= 0.6 is 15.9 Å². The van der Waals surface area contributed by atoms with Crippen LogP contribution in [0.15, 0.2) is 47.1 Å². The Morgan fingerprint density at radius 1 is 1.27 bits per heavy atom. The molecule has 0 N–H and O–H groups in total. The van der Waals surface area contributed by atoms with Gasteiger partial charge in [-0.15, -0.1) is 0 Å². The van der Waals surface area contributed by atoms with Gasteiger partial charge >= 0.3 is 0 Å². The molecular weight excluding hydrogens is 398 g/mol. The maximum Gasteiger partial charge on any atom is 0.253 e. The third-order valence-electron chi connectivity index (χ3n) is 4.25. The number of halogens is 1. The Balaban J connectivity index is 1.55. The van der Waals surface area contributed by atoms with Crippen molar-refractivity contribution in [3.05, 3.63) is 52.6 Å². The number of aromatic nitrogens is 1. The molecule has 2 aromatic rings. The lowest BCUT2D eigenvalue weighted by atomic mass is 10.2. The van der Waals surface area contributed by atoms with Crippen LogP contribution in [-0.2, 0) is 4.79 Å². The molecule has 6 nitrogen and oxygen atoms in total. The van der Waals surface area contributed by atoms with E-state index in [1.165, 1.54) is 0 Å². The van der Waals surface area contributed by atoms with Gasteiger partial charge in [-0.05, 0) is 52.7 Å². The van der Waals surface area contributed by atoms with Gasteiger partial charge in [0.1, 0.15) is 5.75 Å². The predicted molar refractivity (Wildman–Crippen MR) is 101 cm³/mol. The molecule has 2 amide bonds. The molecule has 1 saturated heterocycles. The summed E-state index contributed by atoms with van der Waals surface area (Å²) in [6.45, 7) is 1.89. The molecule has 0 radical (unpaired) electrons. The molecular formula is C19H20BrN3O3. The Bertz CT molecular complexity index is 778. The maximum atomic E-state index is 12.5. The van der Waals surface area contributed by atoms with Gasteiger partial charge in [0.25, 0.3) is 5.91 Å². The van der Waals surface area contributed by atoms with Gasteiger partial charge in [0.05, 0.1) is 0 Å². The molecule has 0 atom stereocenters. The van der Waals surface area contributed by atoms with E-state index in [1.807, 2.05) is 11.0 Å². The van der Waals surface area contributed by atoms with Gasteiger partial charge in [0.15, 0.2) is 0 Å². The lowest BCUT2D eigenvalue weighted by Gasteiger charge is -2.22. The summed E-state index contributed by atoms with van der Waals surface area (Å²) in [5.41, 5.74) is 0.580. The predicted octanol–water partition coefficient (Wildman–Crippen LogP) is 3.33. The highest BCUT2D eigenvalue weighted by atomic mass is 79.9. The van der Waals surface area contributed by atoms with Gasteiger partial charge in [0.2, 0.25) is 11.8 Å². The van der Waals surface area contributed by atoms with E-state index in [9.17, 15) is 9.59 Å². The number of carbonyl (C=O) groups is 2. The van der Waals surface area contributed by atoms with Crippen LogP contribution in [0.3, 0.4) is 0 Å². The number of hydrogen-bond donors (Lipinski definition) is 0. The van der Waals surface area contributed by atoms with Crippen molar-refractivity contribution in [3.63, 3.8) is 0 Å². The van der Waals surface area contributed by atoms with Crippen molar-refractivity contribution in [2.24, 2.45) is 0 Å². The molecule has 0 spiro atoms. The highest BCUT2D eigenvalue weighted by molar-refractivity contribution is 9.10. The molecule has 1 aliphatic heterocycles. The summed E-state index contributed by atoms with van der Waals surface area (Å²) in [4.78, 5) is 31.7. The number of rotatable bonds is 6. The average molecular weight is 418 g/mol. The smallest absolute Gasteiger partial charge is 0.253 e. The van der Waals surface area contributed by atoms with E-state index in [-0.39, 0.29) is 11.8 Å². The normalized spacial score (nSPS) is 13.8. The number of hydrogen-bond acceptors (Lipinski definition) is 4. The highest BCUT2D eigenvalue weighted by Crippen LogP contribution is 2.21. The van der Waals surface area contributed by atoms with E-state index in [0.29, 0.717) is 36.7 Å². The molecule has 0 bridgehead atoms. The van der Waals surface area contributed by atoms with Crippen molar-refractivity contribution >= 4 is 27.7 Å². The second-order valence-corrected chi connectivity index (χ2v) is 7.07. The number of pyridine rings is 1. The number of amides is 2. The van der Waals surface area contributed by atoms with Crippen LogP contribution in [0.4, 0.5) is 0 Å². The lowest BCUT2D eigenvalue weighted by Crippen LogP contribution is -2.36. The summed E-state index contributed by atoms with van der Waals surface area (Å²) < 4.78 is 6.53. The Morgan fingerprint density at radius 3 is 2.65 bits per heavy atom. The number of nitrogens with zero attached hydrogens (tertiary/aromatic N) is 3. The maximum absolute atomic E-state index is 12.5. The SMILES string of the molecule is CN(CCN1CCCC1=O)C(=O)c1ccc(Oc2ccc(Br)cn2)cc1. The van der Waals surface area contributed by atoms with Crippen LogP contribution in [0.1, 0.15) is 23.2 Å². The number of likely N-dealkylation sites (N-methyl/N-ethyl adjacent to an activating group) is 1. The van der Waals surface area contributed by atoms with Gasteiger partial charge in [-0.25, -0.2) is 4.98 Å². The first-order valence-corrected chi connectivity index (χ1v) is 9.25. The van der Waals surface area contributed by atoms with Crippen LogP contribution in [0.25, 0.3) is 0 Å². The van der Waals surface area contributed by atoms with E-state index in [4.69, 9.17) is 4.74 Å². The zero-order valence-corrected chi connectivity index (χ0v) is 16.1. The molecule has 26 heavy (non-hydrogen) atoms. The highest BCUT2D eigenvalue weighted by Gasteiger charge is 2.21. The summed E-state index contributed by atoms with van der Waals surface area (Å²) >= 11 is 3.33. The van der Waals surface area contributed by atoms with Crippen LogP contribution in [-0.4, -0.2) is 53.3 Å². The van der Waals surface area contributed by atoms with Crippen LogP contribution < -0.4 is 4.74 Å². The first-order valence-electron chi connectivity index (χ1n) is 8.45. The standard InChI is InChI=1S/C19H20BrN3O3/c1-22(11-12-23-10-2-3-18(23)24)19(25)14-4-7-16(8-5-14)26-17-9-6-15(20)13-21-17/h4-9,13H,2-3,10-12H2,1H3. The minimum Gasteiger partial charge on any atom is -0.439 e. The minimum atomic E-state index is -0.0787. The third-order valence-corrected chi connectivity index (χ3v) is 4.72. The van der Waals surface area contributed by atoms with Crippen molar-refractivity contribution in [1.82, 2.24) is 14.8 Å². The fourth-order valence-corrected chi connectivity index (χ4v) is 2.98. The largest absolute Gasteiger partial charge is 0.439 e. The Hall–Kier alpha value is -2.41. The Kier molecular flexibility index (Phi) is 5.88. The summed E-state index contributed by atoms with van der Waals surface area (Å²) in [7, 11) is 1.75. The number of ether oxygens (including phenoxy) is 1. The minimum absolute atomic E-state index is 0.0787. The van der Waals surface area contributed by atoms with E-state index < -0.39 is 0 Å². The van der Waals surface area contributed by atoms with E-state index in [0.717, 1.165) is 17.4 Å². The van der Waals surface area contributed by atoms with Gasteiger partial charge in [-0.3, -0.25) is 9.59 Å². The van der Waals surface area contributed by atoms with E-state index >= 15 is 0 Å². The first-order chi connectivity index (χ1) is 12.5. The van der Waals surface area contributed by atoms with Crippen molar-refractivity contribution < 1.29 is 14.3 Å². The van der Waals surface area contributed by atoms with Gasteiger partial charge in [-0.2, -0.15) is 0 Å². The molecule has 0 saturated carbocycles. The van der Waals surface area contributed by atoms with Crippen LogP contribution in [0, 0.1) is 0 Å². The lowest BCUT2D eigenvalue weighted by molar-refractivity contribution is -0.127. The van der Waals surface area contributed by atoms with Gasteiger partial charge < -0.3 is 14.5 Å². The zero-order chi connectivity index (χ0) is 18.5. The molecule has 1 aromatic carbocycles. The second kappa shape index (κ2) is 8.31. The Labute approximate surface area is 160 Å². The molecule has 0 aliphatic carbocycles. The monoisotopic (exact) mass is 417 g/mol. The van der Waals surface area contributed by atoms with E-state index in [1.54, 1.807) is 48.5 Å². The summed E-state index contributed by atoms with van der Waals surface area (Å²) in [6.07, 6.45) is 3.19. The van der Waals surface area contributed by atoms with Crippen LogP contribution in [0.5, 0.6) is 11.6 Å². The van der Waals surface area contributed by atoms with Crippen molar-refractivity contribution in [2.75, 3.05) is 26.7 Å². The van der Waals surface area contributed by atoms with Gasteiger partial charge in [-0.1, -0.05) is 0 Å². The van der Waals surface area contributed by atoms with Crippen molar-refractivity contribution in [2.45, 2.75) is 12.8 Å². The first kappa shape index (κ1) is 18.4. The molecule has 1 fully saturated rings. The molecule has 7 heteroatoms. The molecule has 3 rings (SSSR count). The van der Waals surface area contributed by atoms with Crippen molar-refractivity contribution in [3.8, 4) is 11.6 Å². The summed E-state index contributed by atoms with van der Waals surface area (Å²) in [6, 6.07) is 10.6. The molecule has 1 aliphatic rings. The average Bonchev–Trinajstić information content (AvgIpc) is 3.06. The van der Waals surface area contributed by atoms with Crippen molar-refractivity contribution in [1.29, 1.82) is 0 Å². The topological polar surface area (TPSA) is 62.7 Å². The third kappa shape index (κ3) is 4.60. The number of carbonyl (C=O) groups excluding carboxylic acids is 2. The molecule has 1 aromatic heterocycles. The molecule has 0 unspecified atom stereocenters.